The van der Waals surface area contributed by atoms with Crippen molar-refractivity contribution in [1.82, 2.24) is 10.6 Å². The van der Waals surface area contributed by atoms with E-state index in [-0.39, 0.29) is 17.9 Å². The number of guanidine groups is 1. The first-order valence-corrected chi connectivity index (χ1v) is 5.31. The summed E-state index contributed by atoms with van der Waals surface area (Å²) in [5, 5.41) is 5.78. The lowest BCUT2D eigenvalue weighted by Gasteiger charge is -2.17. The monoisotopic (exact) mass is 217 g/mol. The van der Waals surface area contributed by atoms with Gasteiger partial charge in [0.2, 0.25) is 5.91 Å². The first-order chi connectivity index (χ1) is 7.72. The molecule has 0 aromatic heterocycles. The third-order valence-corrected chi connectivity index (χ3v) is 2.87. The molecule has 0 radical (unpaired) electrons. The standard InChI is InChI=1S/C12H15N3O/c1-8(9-6-4-3-5-7-9)10-11(16)15-12(13-2)14-10/h3-8,10H,1-2H3,(H2,13,14,15,16). The molecule has 2 rings (SSSR count). The number of nitrogens with one attached hydrogen (secondary N) is 2. The van der Waals surface area contributed by atoms with E-state index in [0.717, 1.165) is 5.56 Å². The molecule has 1 fully saturated rings. The lowest BCUT2D eigenvalue weighted by molar-refractivity contribution is -0.120. The Morgan fingerprint density at radius 1 is 1.31 bits per heavy atom. The van der Waals surface area contributed by atoms with E-state index in [9.17, 15) is 4.79 Å². The lowest BCUT2D eigenvalue weighted by atomic mass is 9.93. The van der Waals surface area contributed by atoms with Gasteiger partial charge in [-0.1, -0.05) is 37.3 Å². The summed E-state index contributed by atoms with van der Waals surface area (Å²) in [4.78, 5) is 15.6. The highest BCUT2D eigenvalue weighted by Crippen LogP contribution is 2.20. The van der Waals surface area contributed by atoms with Crippen LogP contribution in [0.4, 0.5) is 0 Å². The molecular weight excluding hydrogens is 202 g/mol. The van der Waals surface area contributed by atoms with Gasteiger partial charge < -0.3 is 5.32 Å². The average molecular weight is 217 g/mol. The van der Waals surface area contributed by atoms with Gasteiger partial charge in [-0.3, -0.25) is 15.1 Å². The van der Waals surface area contributed by atoms with Crippen LogP contribution in [-0.4, -0.2) is 25.0 Å². The maximum Gasteiger partial charge on any atom is 0.249 e. The highest BCUT2D eigenvalue weighted by Gasteiger charge is 2.33. The minimum absolute atomic E-state index is 0.0167. The molecule has 1 aromatic carbocycles. The van der Waals surface area contributed by atoms with Crippen LogP contribution in [-0.2, 0) is 4.79 Å². The fourth-order valence-electron chi connectivity index (χ4n) is 1.86. The zero-order valence-electron chi connectivity index (χ0n) is 9.40. The molecule has 2 unspecified atom stereocenters. The third kappa shape index (κ3) is 1.91. The van der Waals surface area contributed by atoms with Gasteiger partial charge in [0.15, 0.2) is 5.96 Å². The molecule has 1 amide bonds. The molecule has 0 saturated carbocycles. The molecular formula is C12H15N3O. The normalized spacial score (nSPS) is 24.0. The van der Waals surface area contributed by atoms with Crippen molar-refractivity contribution in [2.75, 3.05) is 7.05 Å². The van der Waals surface area contributed by atoms with Crippen LogP contribution >= 0.6 is 0 Å². The molecule has 1 aliphatic rings. The highest BCUT2D eigenvalue weighted by atomic mass is 16.2. The Bertz CT molecular complexity index is 414. The molecule has 1 aliphatic heterocycles. The summed E-state index contributed by atoms with van der Waals surface area (Å²) in [5.41, 5.74) is 1.15. The number of aliphatic imine (C=N–C) groups is 1. The van der Waals surface area contributed by atoms with Gasteiger partial charge in [0.25, 0.3) is 0 Å². The Kier molecular flexibility index (Phi) is 2.90. The molecule has 16 heavy (non-hydrogen) atoms. The second-order valence-electron chi connectivity index (χ2n) is 3.88. The van der Waals surface area contributed by atoms with Crippen LogP contribution in [0.2, 0.25) is 0 Å². The number of amides is 1. The van der Waals surface area contributed by atoms with E-state index < -0.39 is 0 Å². The summed E-state index contributed by atoms with van der Waals surface area (Å²) >= 11 is 0. The first-order valence-electron chi connectivity index (χ1n) is 5.31. The molecule has 2 atom stereocenters. The Morgan fingerprint density at radius 3 is 2.56 bits per heavy atom. The van der Waals surface area contributed by atoms with E-state index in [0.29, 0.717) is 5.96 Å². The van der Waals surface area contributed by atoms with Crippen molar-refractivity contribution in [2.45, 2.75) is 18.9 Å². The minimum atomic E-state index is -0.235. The van der Waals surface area contributed by atoms with Gasteiger partial charge in [-0.2, -0.15) is 0 Å². The number of carbonyl (C=O) groups is 1. The topological polar surface area (TPSA) is 53.5 Å². The Morgan fingerprint density at radius 2 is 2.00 bits per heavy atom. The van der Waals surface area contributed by atoms with Gasteiger partial charge >= 0.3 is 0 Å². The van der Waals surface area contributed by atoms with Crippen molar-refractivity contribution in [3.8, 4) is 0 Å². The fraction of sp³-hybridized carbons (Fsp3) is 0.333. The molecule has 0 bridgehead atoms. The Labute approximate surface area is 94.8 Å². The van der Waals surface area contributed by atoms with Crippen molar-refractivity contribution < 1.29 is 4.79 Å². The van der Waals surface area contributed by atoms with Crippen molar-refractivity contribution in [3.63, 3.8) is 0 Å². The largest absolute Gasteiger partial charge is 0.344 e. The van der Waals surface area contributed by atoms with E-state index >= 15 is 0 Å². The Balaban J connectivity index is 2.17. The van der Waals surface area contributed by atoms with E-state index in [1.807, 2.05) is 37.3 Å². The van der Waals surface area contributed by atoms with Crippen molar-refractivity contribution in [2.24, 2.45) is 4.99 Å². The number of carbonyl (C=O) groups excluding carboxylic acids is 1. The minimum Gasteiger partial charge on any atom is -0.344 e. The summed E-state index contributed by atoms with van der Waals surface area (Å²) in [6.07, 6.45) is 0. The van der Waals surface area contributed by atoms with Crippen LogP contribution < -0.4 is 10.6 Å². The summed E-state index contributed by atoms with van der Waals surface area (Å²) in [7, 11) is 1.65. The molecule has 84 valence electrons. The number of nitrogens with zero attached hydrogens (tertiary/aromatic N) is 1. The summed E-state index contributed by atoms with van der Waals surface area (Å²) < 4.78 is 0. The second-order valence-corrected chi connectivity index (χ2v) is 3.88. The van der Waals surface area contributed by atoms with Crippen LogP contribution in [0, 0.1) is 0 Å². The molecule has 1 heterocycles. The smallest absolute Gasteiger partial charge is 0.249 e. The Hall–Kier alpha value is -1.84. The van der Waals surface area contributed by atoms with Crippen LogP contribution in [0.15, 0.2) is 35.3 Å². The fourth-order valence-corrected chi connectivity index (χ4v) is 1.86. The maximum atomic E-state index is 11.7. The van der Waals surface area contributed by atoms with Gasteiger partial charge in [0.05, 0.1) is 0 Å². The highest BCUT2D eigenvalue weighted by molar-refractivity contribution is 6.06. The molecule has 1 saturated heterocycles. The second kappa shape index (κ2) is 4.35. The molecule has 4 nitrogen and oxygen atoms in total. The van der Waals surface area contributed by atoms with E-state index in [1.54, 1.807) is 7.05 Å². The van der Waals surface area contributed by atoms with Gasteiger partial charge in [0.1, 0.15) is 6.04 Å². The molecule has 0 spiro atoms. The summed E-state index contributed by atoms with van der Waals surface area (Å²) in [6.45, 7) is 2.03. The molecule has 2 N–H and O–H groups in total. The number of hydrogen-bond acceptors (Lipinski definition) is 2. The van der Waals surface area contributed by atoms with E-state index in [1.165, 1.54) is 0 Å². The summed E-state index contributed by atoms with van der Waals surface area (Å²) in [5.74, 6) is 0.662. The van der Waals surface area contributed by atoms with E-state index in [2.05, 4.69) is 15.6 Å². The van der Waals surface area contributed by atoms with Crippen molar-refractivity contribution >= 4 is 11.9 Å². The van der Waals surface area contributed by atoms with Crippen LogP contribution in [0.5, 0.6) is 0 Å². The SMILES string of the molecule is CN=C1NC(=O)C(C(C)c2ccccc2)N1. The van der Waals surface area contributed by atoms with Gasteiger partial charge in [0, 0.05) is 13.0 Å². The van der Waals surface area contributed by atoms with Crippen molar-refractivity contribution in [1.29, 1.82) is 0 Å². The number of hydrogen-bond donors (Lipinski definition) is 2. The predicted molar refractivity (Wildman–Crippen MR) is 63.3 cm³/mol. The molecule has 0 aliphatic carbocycles. The zero-order valence-corrected chi connectivity index (χ0v) is 9.40. The molecule has 4 heteroatoms. The quantitative estimate of drug-likeness (QED) is 0.772. The predicted octanol–water partition coefficient (Wildman–Crippen LogP) is 0.864. The third-order valence-electron chi connectivity index (χ3n) is 2.87. The number of benzene rings is 1. The lowest BCUT2D eigenvalue weighted by Crippen LogP contribution is -2.34. The van der Waals surface area contributed by atoms with Gasteiger partial charge in [-0.25, -0.2) is 0 Å². The molecule has 1 aromatic rings. The maximum absolute atomic E-state index is 11.7. The van der Waals surface area contributed by atoms with E-state index in [4.69, 9.17) is 0 Å². The number of rotatable bonds is 2. The summed E-state index contributed by atoms with van der Waals surface area (Å²) in [6, 6.07) is 9.75. The zero-order chi connectivity index (χ0) is 11.5. The average Bonchev–Trinajstić information content (AvgIpc) is 2.71. The van der Waals surface area contributed by atoms with Crippen molar-refractivity contribution in [3.05, 3.63) is 35.9 Å². The first kappa shape index (κ1) is 10.7. The van der Waals surface area contributed by atoms with Crippen LogP contribution in [0.25, 0.3) is 0 Å². The van der Waals surface area contributed by atoms with Gasteiger partial charge in [-0.15, -0.1) is 0 Å². The van der Waals surface area contributed by atoms with Gasteiger partial charge in [-0.05, 0) is 5.56 Å². The van der Waals surface area contributed by atoms with Crippen LogP contribution in [0.1, 0.15) is 18.4 Å². The van der Waals surface area contributed by atoms with Crippen LogP contribution in [0.3, 0.4) is 0 Å².